The topological polar surface area (TPSA) is 64.4 Å². The van der Waals surface area contributed by atoms with Crippen molar-refractivity contribution in [2.75, 3.05) is 11.9 Å². The fraction of sp³-hybridized carbons (Fsp3) is 0.130. The van der Waals surface area contributed by atoms with E-state index in [1.165, 1.54) is 0 Å². The number of ether oxygens (including phenoxy) is 1. The largest absolute Gasteiger partial charge is 0.482 e. The molecular weight excluding hydrogens is 459 g/mol. The molecule has 0 aliphatic heterocycles. The molecule has 0 saturated carbocycles. The number of aryl methyl sites for hydroxylation is 2. The molecule has 0 spiro atoms. The molecule has 1 heterocycles. The lowest BCUT2D eigenvalue weighted by Crippen LogP contribution is -2.20. The van der Waals surface area contributed by atoms with Crippen molar-refractivity contribution in [3.05, 3.63) is 74.7 Å². The highest BCUT2D eigenvalue weighted by atomic mass is 35.5. The number of hydrogen-bond donors (Lipinski definition) is 1. The highest BCUT2D eigenvalue weighted by Crippen LogP contribution is 2.35. The quantitative estimate of drug-likeness (QED) is 0.335. The van der Waals surface area contributed by atoms with Crippen LogP contribution in [0.1, 0.15) is 11.1 Å². The van der Waals surface area contributed by atoms with E-state index in [0.717, 1.165) is 11.1 Å². The molecule has 4 aromatic rings. The minimum atomic E-state index is -0.322. The highest BCUT2D eigenvalue weighted by Gasteiger charge is 2.15. The minimum Gasteiger partial charge on any atom is -0.482 e. The van der Waals surface area contributed by atoms with Crippen molar-refractivity contribution in [3.8, 4) is 17.2 Å². The van der Waals surface area contributed by atoms with Crippen molar-refractivity contribution in [1.29, 1.82) is 0 Å². The summed E-state index contributed by atoms with van der Waals surface area (Å²) in [6, 6.07) is 14.1. The predicted molar refractivity (Wildman–Crippen MR) is 125 cm³/mol. The van der Waals surface area contributed by atoms with Crippen molar-refractivity contribution in [2.45, 2.75) is 13.8 Å². The summed E-state index contributed by atoms with van der Waals surface area (Å²) in [5.41, 5.74) is 4.18. The van der Waals surface area contributed by atoms with Crippen LogP contribution >= 0.6 is 34.8 Å². The molecule has 8 heteroatoms. The summed E-state index contributed by atoms with van der Waals surface area (Å²) in [6.07, 6.45) is 0. The number of aromatic nitrogens is 1. The van der Waals surface area contributed by atoms with Gasteiger partial charge < -0.3 is 14.5 Å². The molecule has 4 rings (SSSR count). The van der Waals surface area contributed by atoms with Gasteiger partial charge in [-0.3, -0.25) is 4.79 Å². The van der Waals surface area contributed by atoms with Crippen molar-refractivity contribution >= 4 is 57.5 Å². The van der Waals surface area contributed by atoms with Gasteiger partial charge in [-0.05, 0) is 61.4 Å². The fourth-order valence-corrected chi connectivity index (χ4v) is 3.97. The van der Waals surface area contributed by atoms with Crippen LogP contribution in [0.15, 0.2) is 52.9 Å². The number of anilines is 1. The van der Waals surface area contributed by atoms with Crippen LogP contribution in [-0.2, 0) is 4.79 Å². The van der Waals surface area contributed by atoms with E-state index in [9.17, 15) is 4.79 Å². The molecule has 0 radical (unpaired) electrons. The fourth-order valence-electron chi connectivity index (χ4n) is 3.21. The molecule has 0 fully saturated rings. The summed E-state index contributed by atoms with van der Waals surface area (Å²) in [7, 11) is 0. The van der Waals surface area contributed by atoms with Crippen LogP contribution in [0, 0.1) is 13.8 Å². The number of hydrogen-bond acceptors (Lipinski definition) is 4. The third-order valence-electron chi connectivity index (χ3n) is 4.57. The van der Waals surface area contributed by atoms with Gasteiger partial charge in [0.05, 0.1) is 20.6 Å². The Kier molecular flexibility index (Phi) is 6.10. The molecule has 0 atom stereocenters. The second kappa shape index (κ2) is 8.79. The van der Waals surface area contributed by atoms with Gasteiger partial charge in [0.2, 0.25) is 5.89 Å². The van der Waals surface area contributed by atoms with Gasteiger partial charge in [-0.15, -0.1) is 0 Å². The maximum absolute atomic E-state index is 12.4. The van der Waals surface area contributed by atoms with Crippen molar-refractivity contribution in [1.82, 2.24) is 4.98 Å². The van der Waals surface area contributed by atoms with E-state index in [-0.39, 0.29) is 12.5 Å². The Labute approximate surface area is 193 Å². The van der Waals surface area contributed by atoms with Gasteiger partial charge in [0.1, 0.15) is 11.3 Å². The molecule has 0 aliphatic carbocycles. The first-order valence-electron chi connectivity index (χ1n) is 9.36. The number of halogens is 3. The normalized spacial score (nSPS) is 11.0. The average Bonchev–Trinajstić information content (AvgIpc) is 3.12. The third kappa shape index (κ3) is 4.64. The molecular formula is C23H17Cl3N2O3. The maximum Gasteiger partial charge on any atom is 0.262 e. The van der Waals surface area contributed by atoms with E-state index in [2.05, 4.69) is 10.3 Å². The Morgan fingerprint density at radius 2 is 1.87 bits per heavy atom. The first-order valence-corrected chi connectivity index (χ1v) is 10.5. The van der Waals surface area contributed by atoms with E-state index >= 15 is 0 Å². The lowest BCUT2D eigenvalue weighted by molar-refractivity contribution is -0.118. The molecule has 3 aromatic carbocycles. The Bertz CT molecular complexity index is 1280. The smallest absolute Gasteiger partial charge is 0.262 e. The summed E-state index contributed by atoms with van der Waals surface area (Å²) in [5.74, 6) is 0.521. The lowest BCUT2D eigenvalue weighted by Gasteiger charge is -2.12. The molecule has 1 N–H and O–H groups in total. The number of benzene rings is 3. The average molecular weight is 476 g/mol. The number of carbonyl (C=O) groups is 1. The lowest BCUT2D eigenvalue weighted by atomic mass is 10.1. The van der Waals surface area contributed by atoms with Gasteiger partial charge in [-0.25, -0.2) is 4.98 Å². The first kappa shape index (κ1) is 21.5. The van der Waals surface area contributed by atoms with Crippen LogP contribution < -0.4 is 10.1 Å². The number of oxazole rings is 1. The Morgan fingerprint density at radius 3 is 2.65 bits per heavy atom. The second-order valence-corrected chi connectivity index (χ2v) is 8.22. The van der Waals surface area contributed by atoms with E-state index in [1.54, 1.807) is 42.5 Å². The van der Waals surface area contributed by atoms with Gasteiger partial charge in [0.15, 0.2) is 12.2 Å². The molecule has 1 aromatic heterocycles. The Morgan fingerprint density at radius 1 is 1.06 bits per heavy atom. The van der Waals surface area contributed by atoms with E-state index < -0.39 is 0 Å². The predicted octanol–water partition coefficient (Wildman–Crippen LogP) is 7.09. The van der Waals surface area contributed by atoms with Gasteiger partial charge in [-0.2, -0.15) is 0 Å². The zero-order valence-electron chi connectivity index (χ0n) is 16.6. The van der Waals surface area contributed by atoms with Crippen LogP contribution in [-0.4, -0.2) is 17.5 Å². The Hall–Kier alpha value is -2.73. The maximum atomic E-state index is 12.4. The number of rotatable bonds is 5. The molecule has 0 aliphatic rings. The number of nitrogens with zero attached hydrogens (tertiary/aromatic N) is 1. The van der Waals surface area contributed by atoms with Gasteiger partial charge in [-0.1, -0.05) is 46.9 Å². The molecule has 31 heavy (non-hydrogen) atoms. The summed E-state index contributed by atoms with van der Waals surface area (Å²) in [6.45, 7) is 3.65. The first-order chi connectivity index (χ1) is 14.8. The van der Waals surface area contributed by atoms with Gasteiger partial charge >= 0.3 is 0 Å². The summed E-state index contributed by atoms with van der Waals surface area (Å²) >= 11 is 18.6. The monoisotopic (exact) mass is 474 g/mol. The van der Waals surface area contributed by atoms with Crippen LogP contribution in [0.2, 0.25) is 15.1 Å². The van der Waals surface area contributed by atoms with E-state index in [0.29, 0.717) is 49.1 Å². The van der Waals surface area contributed by atoms with Crippen LogP contribution in [0.5, 0.6) is 5.75 Å². The zero-order valence-corrected chi connectivity index (χ0v) is 18.9. The van der Waals surface area contributed by atoms with Crippen molar-refractivity contribution < 1.29 is 13.9 Å². The van der Waals surface area contributed by atoms with Crippen LogP contribution in [0.3, 0.4) is 0 Å². The van der Waals surface area contributed by atoms with E-state index in [1.807, 2.05) is 19.9 Å². The summed E-state index contributed by atoms with van der Waals surface area (Å²) in [5, 5.41) is 4.04. The summed E-state index contributed by atoms with van der Waals surface area (Å²) < 4.78 is 11.4. The van der Waals surface area contributed by atoms with Crippen molar-refractivity contribution in [3.63, 3.8) is 0 Å². The van der Waals surface area contributed by atoms with Crippen LogP contribution in [0.4, 0.5) is 5.69 Å². The molecule has 5 nitrogen and oxygen atoms in total. The SMILES string of the molecule is Cc1cc(C)c(OCC(=O)Nc2ccc3oc(-c4cccc(Cl)c4Cl)nc3c2)c(Cl)c1. The molecule has 158 valence electrons. The highest BCUT2D eigenvalue weighted by molar-refractivity contribution is 6.43. The number of nitrogens with one attached hydrogen (secondary N) is 1. The van der Waals surface area contributed by atoms with Gasteiger partial charge in [0.25, 0.3) is 5.91 Å². The third-order valence-corrected chi connectivity index (χ3v) is 5.67. The molecule has 0 unspecified atom stereocenters. The van der Waals surface area contributed by atoms with Crippen molar-refractivity contribution in [2.24, 2.45) is 0 Å². The van der Waals surface area contributed by atoms with Gasteiger partial charge in [0, 0.05) is 5.69 Å². The standard InChI is InChI=1S/C23H17Cl3N2O3/c1-12-8-13(2)22(17(25)9-12)30-11-20(29)27-14-6-7-19-18(10-14)28-23(31-19)15-4-3-5-16(24)21(15)26/h3-10H,11H2,1-2H3,(H,27,29). The second-order valence-electron chi connectivity index (χ2n) is 7.03. The number of carbonyl (C=O) groups excluding carboxylic acids is 1. The number of amides is 1. The van der Waals surface area contributed by atoms with Crippen LogP contribution in [0.25, 0.3) is 22.6 Å². The van der Waals surface area contributed by atoms with E-state index in [4.69, 9.17) is 44.0 Å². The Balaban J connectivity index is 1.49. The molecule has 0 bridgehead atoms. The minimum absolute atomic E-state index is 0.177. The molecule has 1 amide bonds. The summed E-state index contributed by atoms with van der Waals surface area (Å²) in [4.78, 5) is 16.8. The number of fused-ring (bicyclic) bond motifs is 1. The zero-order chi connectivity index (χ0) is 22.1. The molecule has 0 saturated heterocycles.